The molecule has 18 rings (SSSR count). The fraction of sp³-hybridized carbons (Fsp3) is 0.192. The van der Waals surface area contributed by atoms with Crippen LogP contribution in [0.25, 0.3) is 182 Å². The average molecular weight is 1720 g/mol. The summed E-state index contributed by atoms with van der Waals surface area (Å²) in [6.45, 7) is 3.75. The van der Waals surface area contributed by atoms with Gasteiger partial charge in [-0.15, -0.1) is 12.4 Å². The zero-order valence-corrected chi connectivity index (χ0v) is 76.5. The summed E-state index contributed by atoms with van der Waals surface area (Å²) in [5.74, 6) is 0. The van der Waals surface area contributed by atoms with Crippen LogP contribution in [0.2, 0.25) is 0 Å². The van der Waals surface area contributed by atoms with Gasteiger partial charge in [-0.3, -0.25) is 0 Å². The summed E-state index contributed by atoms with van der Waals surface area (Å²) >= 11 is 0. The van der Waals surface area contributed by atoms with Crippen LogP contribution in [0.1, 0.15) is 67.8 Å². The first-order valence-corrected chi connectivity index (χ1v) is 41.2. The summed E-state index contributed by atoms with van der Waals surface area (Å²) in [6.07, 6.45) is 33.9. The topological polar surface area (TPSA) is 130 Å². The second-order valence-corrected chi connectivity index (χ2v) is 36.6. The Morgan fingerprint density at radius 2 is 0.331 bits per heavy atom. The van der Waals surface area contributed by atoms with E-state index >= 15 is 0 Å². The number of pyridine rings is 4. The standard InChI is InChI=1S/C60H70N8.C44H37N8.4ClH/c1-65(2,3)37-41-13-21-45(22-14-41)57-49-29-31-51(61-49)58(46-23-15-42(16-24-46)38-66(4,5)6)53-33-35-55(63-53)60(48-27-19-44(20-28-48)40-68(10,11)12)56-36-34-54(64-56)59(52-32-30-50(57)62-52)47-25-17-43(18-26-47)39-67(7,8)9;1-49-21-13-29(14-22-49)41-33-5-7-35(45-33)42(30-15-23-50(2)24-16-30)37-9-11-39(47-37)44(32-19-27-52(4)28-20-32)40-12-10-38(48-40)43(36-8-6-34(41)46-36)31-17-25-51(3)26-18-31;;;;/h13-36,61,64H,37-40H2,1-12H3;5-28H,1-4H3,(H,45,46,47,48);4*1H/q+4;+3;;;;/p-2. The summed E-state index contributed by atoms with van der Waals surface area (Å²) in [7, 11) is 35.0. The fourth-order valence-electron chi connectivity index (χ4n) is 16.8. The first-order chi connectivity index (χ1) is 57.5. The van der Waals surface area contributed by atoms with Gasteiger partial charge in [0.05, 0.1) is 130 Å². The van der Waals surface area contributed by atoms with E-state index in [1.54, 1.807) is 0 Å². The minimum absolute atomic E-state index is 0. The van der Waals surface area contributed by atoms with Gasteiger partial charge in [-0.25, -0.2) is 38.2 Å². The summed E-state index contributed by atoms with van der Waals surface area (Å²) in [5.41, 5.74) is 37.3. The van der Waals surface area contributed by atoms with Crippen LogP contribution in [0.3, 0.4) is 0 Å². The molecule has 0 amide bonds. The number of fused-ring (bicyclic) bond motifs is 16. The van der Waals surface area contributed by atoms with Gasteiger partial charge in [0.25, 0.3) is 0 Å². The molecule has 0 atom stereocenters. The quantitative estimate of drug-likeness (QED) is 0.0567. The zero-order valence-electron chi connectivity index (χ0n) is 73.4. The molecule has 0 radical (unpaired) electrons. The first-order valence-electron chi connectivity index (χ1n) is 41.2. The molecule has 4 aliphatic heterocycles. The predicted octanol–water partition coefficient (Wildman–Crippen LogP) is 10.2. The van der Waals surface area contributed by atoms with E-state index in [1.165, 1.54) is 22.3 Å². The van der Waals surface area contributed by atoms with Crippen molar-refractivity contribution < 1.29 is 73.4 Å². The molecule has 0 saturated heterocycles. The van der Waals surface area contributed by atoms with E-state index in [0.29, 0.717) is 0 Å². The van der Waals surface area contributed by atoms with Gasteiger partial charge in [0.2, 0.25) is 0 Å². The summed E-state index contributed by atoms with van der Waals surface area (Å²) in [5, 5.41) is 0. The van der Waals surface area contributed by atoms with Crippen molar-refractivity contribution in [2.75, 3.05) is 84.6 Å². The van der Waals surface area contributed by atoms with Gasteiger partial charge >= 0.3 is 0 Å². The van der Waals surface area contributed by atoms with E-state index in [-0.39, 0.29) is 49.6 Å². The molecule has 16 nitrogen and oxygen atoms in total. The number of hydrogen-bond donors (Lipinski definition) is 4. The lowest BCUT2D eigenvalue weighted by Gasteiger charge is -2.24. The van der Waals surface area contributed by atoms with Crippen LogP contribution in [-0.2, 0) is 54.4 Å². The van der Waals surface area contributed by atoms with E-state index in [1.807, 2.05) is 46.5 Å². The lowest BCUT2D eigenvalue weighted by Crippen LogP contribution is -3.00. The van der Waals surface area contributed by atoms with Gasteiger partial charge in [0, 0.05) is 159 Å². The summed E-state index contributed by atoms with van der Waals surface area (Å²) < 4.78 is 11.6. The molecule has 0 spiro atoms. The fourth-order valence-corrected chi connectivity index (χ4v) is 16.8. The minimum atomic E-state index is 0. The maximum atomic E-state index is 5.58. The molecule has 4 aromatic carbocycles. The molecule has 0 unspecified atom stereocenters. The van der Waals surface area contributed by atoms with Crippen molar-refractivity contribution in [2.45, 2.75) is 26.2 Å². The van der Waals surface area contributed by atoms with Crippen LogP contribution in [0.5, 0.6) is 0 Å². The molecule has 0 saturated carbocycles. The van der Waals surface area contributed by atoms with Crippen molar-refractivity contribution >= 4 is 105 Å². The Balaban J connectivity index is 0.000000213. The Kier molecular flexibility index (Phi) is 26.1. The zero-order chi connectivity index (χ0) is 83.5. The number of H-pyrrole nitrogens is 4. The van der Waals surface area contributed by atoms with Crippen LogP contribution in [0.15, 0.2) is 244 Å². The van der Waals surface area contributed by atoms with Gasteiger partial charge in [-0.1, -0.05) is 97.1 Å². The van der Waals surface area contributed by atoms with E-state index in [4.69, 9.17) is 19.9 Å². The Labute approximate surface area is 752 Å². The van der Waals surface area contributed by atoms with Crippen molar-refractivity contribution in [3.05, 3.63) is 312 Å². The first kappa shape index (κ1) is 89.4. The highest BCUT2D eigenvalue weighted by Crippen LogP contribution is 2.43. The smallest absolute Gasteiger partial charge is 0.169 e. The molecule has 16 bridgehead atoms. The molecule has 0 aliphatic carbocycles. The summed E-state index contributed by atoms with van der Waals surface area (Å²) in [4.78, 5) is 37.5. The Morgan fingerprint density at radius 1 is 0.202 bits per heavy atom. The van der Waals surface area contributed by atoms with Crippen LogP contribution < -0.4 is 55.5 Å². The highest BCUT2D eigenvalue weighted by atomic mass is 35.5. The van der Waals surface area contributed by atoms with E-state index in [2.05, 4.69) is 397 Å². The number of aryl methyl sites for hydroxylation is 4. The van der Waals surface area contributed by atoms with E-state index in [9.17, 15) is 0 Å². The molecule has 10 aromatic heterocycles. The molecule has 124 heavy (non-hydrogen) atoms. The van der Waals surface area contributed by atoms with Gasteiger partial charge < -0.3 is 75.1 Å². The summed E-state index contributed by atoms with van der Waals surface area (Å²) in [6, 6.07) is 70.9. The largest absolute Gasteiger partial charge is 1.00 e. The predicted molar refractivity (Wildman–Crippen MR) is 500 cm³/mol. The number of nitrogens with zero attached hydrogens (tertiary/aromatic N) is 12. The maximum absolute atomic E-state index is 5.58. The molecule has 14 aromatic rings. The van der Waals surface area contributed by atoms with Crippen molar-refractivity contribution in [1.29, 1.82) is 0 Å². The number of aromatic nitrogens is 12. The van der Waals surface area contributed by atoms with Gasteiger partial charge in [-0.05, 0) is 142 Å². The Bertz CT molecular complexity index is 5990. The third-order valence-corrected chi connectivity index (χ3v) is 22.2. The van der Waals surface area contributed by atoms with Crippen LogP contribution in [-0.4, -0.2) is 142 Å². The normalized spacial score (nSPS) is 12.3. The van der Waals surface area contributed by atoms with Gasteiger partial charge in [0.1, 0.15) is 54.4 Å². The van der Waals surface area contributed by atoms with Crippen LogP contribution in [0, 0.1) is 0 Å². The monoisotopic (exact) mass is 1720 g/mol. The van der Waals surface area contributed by atoms with Gasteiger partial charge in [0.15, 0.2) is 49.6 Å². The maximum Gasteiger partial charge on any atom is 0.169 e. The molecule has 628 valence electrons. The number of quaternary nitrogens is 4. The number of aromatic amines is 4. The molecule has 20 heteroatoms. The molecule has 14 heterocycles. The SMILES string of the molecule is C[N+](C)(C)Cc1ccc(-c2c3nc(c(-c4ccc(C[N+](C)(C)C)cc4)c4ccc([nH]4)c(-c4ccc(C[N+](C)(C)C)cc4)c4nc(c(-c5ccc(C[N+](C)(C)C)cc5)c5ccc2[nH]5)C=C4)C=C3)cc1.C[n+]1ccc(-c2c3nc(c(-c4cc[n+](C)cc4)c4ccc([nH]4)c(-c4cc[n+](C)cc4)c4nc(c(-c5cc[n+](C)cc5)c5ccc2[nH]5)C=C4)C=C3)cc1.Cl.[Cl-].[Cl-].[Cl-]. The lowest BCUT2D eigenvalue weighted by molar-refractivity contribution is -0.884. The van der Waals surface area contributed by atoms with Crippen molar-refractivity contribution in [3.63, 3.8) is 0 Å². The second-order valence-electron chi connectivity index (χ2n) is 36.6. The van der Waals surface area contributed by atoms with Gasteiger partial charge in [-0.2, -0.15) is 0 Å². The number of rotatable bonds is 16. The second kappa shape index (κ2) is 36.2. The third kappa shape index (κ3) is 19.8. The van der Waals surface area contributed by atoms with E-state index < -0.39 is 0 Å². The number of hydrogen-bond acceptors (Lipinski definition) is 4. The number of halogens is 4. The van der Waals surface area contributed by atoms with Crippen molar-refractivity contribution in [3.8, 4) is 89.0 Å². The van der Waals surface area contributed by atoms with Crippen molar-refractivity contribution in [2.24, 2.45) is 28.2 Å². The number of nitrogens with one attached hydrogen (secondary N) is 4. The molecular formula is C104H109Cl4N16+5. The molecule has 4 aliphatic rings. The molecule has 4 N–H and O–H groups in total. The van der Waals surface area contributed by atoms with Crippen LogP contribution in [0.4, 0.5) is 0 Å². The van der Waals surface area contributed by atoms with Crippen LogP contribution >= 0.6 is 12.4 Å². The lowest BCUT2D eigenvalue weighted by atomic mass is 10.0. The minimum Gasteiger partial charge on any atom is -1.00 e. The Hall–Kier alpha value is -12.3. The molecule has 0 fully saturated rings. The third-order valence-electron chi connectivity index (χ3n) is 22.2. The average Bonchev–Trinajstić information content (AvgIpc) is 1.61. The van der Waals surface area contributed by atoms with Crippen molar-refractivity contribution in [1.82, 2.24) is 39.9 Å². The molecular weight excluding hydrogens is 1620 g/mol. The number of benzene rings is 4. The highest BCUT2D eigenvalue weighted by Gasteiger charge is 2.25. The highest BCUT2D eigenvalue weighted by molar-refractivity contribution is 6.03. The van der Waals surface area contributed by atoms with E-state index in [0.717, 1.165) is 223 Å². The Morgan fingerprint density at radius 3 is 0.460 bits per heavy atom.